The largest absolute Gasteiger partial charge is 0.332 e. The summed E-state index contributed by atoms with van der Waals surface area (Å²) >= 11 is 0. The van der Waals surface area contributed by atoms with Crippen molar-refractivity contribution in [2.45, 2.75) is 13.5 Å². The molecule has 2 rings (SSSR count). The molecule has 20 heavy (non-hydrogen) atoms. The first-order chi connectivity index (χ1) is 9.58. The van der Waals surface area contributed by atoms with Gasteiger partial charge in [0.2, 0.25) is 5.82 Å². The molecule has 2 aromatic heterocycles. The monoisotopic (exact) mass is 273 g/mol. The molecule has 2 aromatic rings. The Morgan fingerprint density at radius 1 is 1.35 bits per heavy atom. The van der Waals surface area contributed by atoms with Crippen LogP contribution >= 0.6 is 0 Å². The molecule has 2 heterocycles. The van der Waals surface area contributed by atoms with Crippen molar-refractivity contribution in [3.63, 3.8) is 0 Å². The first-order valence-electron chi connectivity index (χ1n) is 6.05. The molecule has 0 aromatic carbocycles. The van der Waals surface area contributed by atoms with Gasteiger partial charge in [-0.15, -0.1) is 0 Å². The Labute approximate surface area is 115 Å². The van der Waals surface area contributed by atoms with Crippen LogP contribution in [0.4, 0.5) is 10.6 Å². The summed E-state index contributed by atoms with van der Waals surface area (Å²) in [6.45, 7) is 2.20. The minimum atomic E-state index is -0.495. The first-order valence-corrected chi connectivity index (χ1v) is 6.05. The molecule has 104 valence electrons. The zero-order valence-corrected chi connectivity index (χ0v) is 11.3. The maximum atomic E-state index is 11.7. The summed E-state index contributed by atoms with van der Waals surface area (Å²) in [4.78, 5) is 31.4. The van der Waals surface area contributed by atoms with Gasteiger partial charge in [0.15, 0.2) is 0 Å². The van der Waals surface area contributed by atoms with Gasteiger partial charge in [-0.1, -0.05) is 6.07 Å². The fourth-order valence-corrected chi connectivity index (χ4v) is 1.60. The molecule has 7 nitrogen and oxygen atoms in total. The van der Waals surface area contributed by atoms with E-state index in [9.17, 15) is 9.59 Å². The Balaban J connectivity index is 1.98. The van der Waals surface area contributed by atoms with E-state index >= 15 is 0 Å². The normalized spacial score (nSPS) is 10.1. The van der Waals surface area contributed by atoms with Crippen molar-refractivity contribution in [3.8, 4) is 0 Å². The van der Waals surface area contributed by atoms with Gasteiger partial charge < -0.3 is 9.88 Å². The van der Waals surface area contributed by atoms with Crippen molar-refractivity contribution in [2.75, 3.05) is 5.32 Å². The van der Waals surface area contributed by atoms with Crippen molar-refractivity contribution in [3.05, 3.63) is 52.3 Å². The average Bonchev–Trinajstić information content (AvgIpc) is 2.43. The SMILES string of the molecule is Cc1cccnc1CNC(=O)Nc1nccn(C)c1=O. The number of anilines is 1. The maximum Gasteiger partial charge on any atom is 0.320 e. The highest BCUT2D eigenvalue weighted by atomic mass is 16.2. The molecule has 0 aliphatic carbocycles. The number of aryl methyl sites for hydroxylation is 2. The van der Waals surface area contributed by atoms with Crippen LogP contribution in [0.15, 0.2) is 35.5 Å². The fourth-order valence-electron chi connectivity index (χ4n) is 1.60. The summed E-state index contributed by atoms with van der Waals surface area (Å²) < 4.78 is 1.34. The summed E-state index contributed by atoms with van der Waals surface area (Å²) in [5.74, 6) is -0.00903. The third kappa shape index (κ3) is 3.19. The molecule has 2 N–H and O–H groups in total. The Morgan fingerprint density at radius 2 is 2.15 bits per heavy atom. The summed E-state index contributed by atoms with van der Waals surface area (Å²) in [5.41, 5.74) is 1.40. The molecule has 7 heteroatoms. The standard InChI is InChI=1S/C13H15N5O2/c1-9-4-3-5-14-10(9)8-16-13(20)17-11-12(19)18(2)7-6-15-11/h3-7H,8H2,1-2H3,(H2,15,16,17,20). The van der Waals surface area contributed by atoms with Crippen LogP contribution in [0.3, 0.4) is 0 Å². The molecule has 0 bridgehead atoms. The maximum absolute atomic E-state index is 11.7. The lowest BCUT2D eigenvalue weighted by Crippen LogP contribution is -2.33. The molecule has 0 radical (unpaired) electrons. The number of carbonyl (C=O) groups is 1. The van der Waals surface area contributed by atoms with E-state index in [0.717, 1.165) is 11.3 Å². The highest BCUT2D eigenvalue weighted by molar-refractivity contribution is 5.87. The minimum absolute atomic E-state index is 0.00903. The third-order valence-electron chi connectivity index (χ3n) is 2.78. The molecule has 0 spiro atoms. The van der Waals surface area contributed by atoms with E-state index in [-0.39, 0.29) is 17.9 Å². The van der Waals surface area contributed by atoms with Crippen LogP contribution in [-0.2, 0) is 13.6 Å². The van der Waals surface area contributed by atoms with Crippen molar-refractivity contribution in [1.82, 2.24) is 19.9 Å². The quantitative estimate of drug-likeness (QED) is 0.866. The Hall–Kier alpha value is -2.70. The van der Waals surface area contributed by atoms with Gasteiger partial charge in [-0.3, -0.25) is 15.1 Å². The Kier molecular flexibility index (Phi) is 4.09. The zero-order chi connectivity index (χ0) is 14.5. The van der Waals surface area contributed by atoms with Gasteiger partial charge in [-0.2, -0.15) is 0 Å². The summed E-state index contributed by atoms with van der Waals surface area (Å²) in [6.07, 6.45) is 4.62. The van der Waals surface area contributed by atoms with Crippen molar-refractivity contribution in [2.24, 2.45) is 7.05 Å². The zero-order valence-electron chi connectivity index (χ0n) is 11.3. The third-order valence-corrected chi connectivity index (χ3v) is 2.78. The number of hydrogen-bond donors (Lipinski definition) is 2. The molecule has 0 aliphatic heterocycles. The van der Waals surface area contributed by atoms with E-state index < -0.39 is 6.03 Å². The van der Waals surface area contributed by atoms with Crippen molar-refractivity contribution < 1.29 is 4.79 Å². The van der Waals surface area contributed by atoms with Crippen LogP contribution in [0.2, 0.25) is 0 Å². The number of pyridine rings is 1. The van der Waals surface area contributed by atoms with Crippen LogP contribution in [-0.4, -0.2) is 20.6 Å². The molecular formula is C13H15N5O2. The average molecular weight is 273 g/mol. The lowest BCUT2D eigenvalue weighted by molar-refractivity contribution is 0.251. The Morgan fingerprint density at radius 3 is 2.90 bits per heavy atom. The molecule has 0 fully saturated rings. The van der Waals surface area contributed by atoms with Crippen molar-refractivity contribution >= 4 is 11.8 Å². The topological polar surface area (TPSA) is 88.9 Å². The molecular weight excluding hydrogens is 258 g/mol. The number of nitrogens with one attached hydrogen (secondary N) is 2. The lowest BCUT2D eigenvalue weighted by Gasteiger charge is -2.08. The second-order valence-electron chi connectivity index (χ2n) is 4.27. The molecule has 0 saturated heterocycles. The lowest BCUT2D eigenvalue weighted by atomic mass is 10.2. The highest BCUT2D eigenvalue weighted by Gasteiger charge is 2.08. The van der Waals surface area contributed by atoms with Gasteiger partial charge in [-0.05, 0) is 18.6 Å². The van der Waals surface area contributed by atoms with Crippen LogP contribution < -0.4 is 16.2 Å². The minimum Gasteiger partial charge on any atom is -0.332 e. The first kappa shape index (κ1) is 13.7. The number of nitrogens with zero attached hydrogens (tertiary/aromatic N) is 3. The molecule has 0 unspecified atom stereocenters. The van der Waals surface area contributed by atoms with E-state index in [1.165, 1.54) is 17.0 Å². The van der Waals surface area contributed by atoms with E-state index in [1.807, 2.05) is 19.1 Å². The smallest absolute Gasteiger partial charge is 0.320 e. The van der Waals surface area contributed by atoms with Crippen LogP contribution in [0.5, 0.6) is 0 Å². The second kappa shape index (κ2) is 5.96. The number of urea groups is 1. The fraction of sp³-hybridized carbons (Fsp3) is 0.231. The number of aromatic nitrogens is 3. The van der Waals surface area contributed by atoms with E-state index in [4.69, 9.17) is 0 Å². The molecule has 2 amide bonds. The van der Waals surface area contributed by atoms with Gasteiger partial charge in [0.25, 0.3) is 5.56 Å². The highest BCUT2D eigenvalue weighted by Crippen LogP contribution is 2.02. The van der Waals surface area contributed by atoms with Gasteiger partial charge in [0.05, 0.1) is 12.2 Å². The van der Waals surface area contributed by atoms with Gasteiger partial charge in [0.1, 0.15) is 0 Å². The molecule has 0 saturated carbocycles. The van der Waals surface area contributed by atoms with Gasteiger partial charge in [0, 0.05) is 25.6 Å². The van der Waals surface area contributed by atoms with Crippen molar-refractivity contribution in [1.29, 1.82) is 0 Å². The summed E-state index contributed by atoms with van der Waals surface area (Å²) in [5, 5.41) is 5.05. The summed E-state index contributed by atoms with van der Waals surface area (Å²) in [6, 6.07) is 3.25. The number of amides is 2. The molecule has 0 atom stereocenters. The van der Waals surface area contributed by atoms with Crippen LogP contribution in [0.1, 0.15) is 11.3 Å². The predicted octanol–water partition coefficient (Wildman–Crippen LogP) is 0.805. The van der Waals surface area contributed by atoms with Crippen LogP contribution in [0, 0.1) is 6.92 Å². The summed E-state index contributed by atoms with van der Waals surface area (Å²) in [7, 11) is 1.59. The van der Waals surface area contributed by atoms with Gasteiger partial charge >= 0.3 is 6.03 Å². The van der Waals surface area contributed by atoms with E-state index in [0.29, 0.717) is 0 Å². The van der Waals surface area contributed by atoms with E-state index in [1.54, 1.807) is 13.2 Å². The number of hydrogen-bond acceptors (Lipinski definition) is 4. The second-order valence-corrected chi connectivity index (χ2v) is 4.27. The van der Waals surface area contributed by atoms with E-state index in [2.05, 4.69) is 20.6 Å². The Bertz CT molecular complexity index is 680. The van der Waals surface area contributed by atoms with Gasteiger partial charge in [-0.25, -0.2) is 9.78 Å². The number of carbonyl (C=O) groups excluding carboxylic acids is 1. The number of rotatable bonds is 3. The predicted molar refractivity (Wildman–Crippen MR) is 74.3 cm³/mol. The molecule has 0 aliphatic rings. The van der Waals surface area contributed by atoms with Crippen LogP contribution in [0.25, 0.3) is 0 Å².